The molecule has 2 aliphatic rings. The number of amides is 1. The molecule has 10 heteroatoms. The van der Waals surface area contributed by atoms with Gasteiger partial charge >= 0.3 is 6.18 Å². The van der Waals surface area contributed by atoms with E-state index in [4.69, 9.17) is 11.6 Å². The molecule has 0 radical (unpaired) electrons. The predicted molar refractivity (Wildman–Crippen MR) is 115 cm³/mol. The van der Waals surface area contributed by atoms with Gasteiger partial charge in [0.25, 0.3) is 5.91 Å². The molecule has 0 aromatic heterocycles. The smallest absolute Gasteiger partial charge is 0.347 e. The number of alkyl halides is 3. The molecule has 1 N–H and O–H groups in total. The molecule has 2 aromatic carbocycles. The van der Waals surface area contributed by atoms with Crippen LogP contribution in [0.5, 0.6) is 0 Å². The summed E-state index contributed by atoms with van der Waals surface area (Å²) in [4.78, 5) is 12.9. The average molecular weight is 487 g/mol. The second kappa shape index (κ2) is 8.68. The van der Waals surface area contributed by atoms with E-state index in [1.807, 2.05) is 30.3 Å². The van der Waals surface area contributed by atoms with Gasteiger partial charge in [0.2, 0.25) is 10.0 Å². The van der Waals surface area contributed by atoms with Crippen molar-refractivity contribution >= 4 is 27.5 Å². The number of benzene rings is 2. The number of halogens is 4. The van der Waals surface area contributed by atoms with Gasteiger partial charge in [-0.25, -0.2) is 8.42 Å². The first-order valence-corrected chi connectivity index (χ1v) is 12.2. The number of carbonyl (C=O) groups excluding carboxylic acids is 1. The van der Waals surface area contributed by atoms with Crippen LogP contribution in [0.25, 0.3) is 0 Å². The monoisotopic (exact) mass is 486 g/mol. The molecule has 1 saturated carbocycles. The van der Waals surface area contributed by atoms with Gasteiger partial charge < -0.3 is 5.32 Å². The van der Waals surface area contributed by atoms with E-state index >= 15 is 0 Å². The lowest BCUT2D eigenvalue weighted by Crippen LogP contribution is -2.41. The molecule has 1 aliphatic heterocycles. The second-order valence-corrected chi connectivity index (χ2v) is 10.7. The molecule has 1 amide bonds. The third-order valence-electron chi connectivity index (χ3n) is 5.92. The molecule has 0 unspecified atom stereocenters. The maximum Gasteiger partial charge on any atom is 0.417 e. The first-order valence-electron chi connectivity index (χ1n) is 10.3. The normalized spacial score (nSPS) is 22.1. The fourth-order valence-corrected chi connectivity index (χ4v) is 6.27. The Hall–Kier alpha value is -2.10. The zero-order valence-electron chi connectivity index (χ0n) is 17.0. The third kappa shape index (κ3) is 4.94. The van der Waals surface area contributed by atoms with Gasteiger partial charge in [-0.2, -0.15) is 17.5 Å². The SMILES string of the molecule is O=C(N[C@H]1CN(S(=O)(=O)CC2CC2)C[C@@H]1c1ccccc1)c1cccc(C(F)(F)F)c1Cl. The highest BCUT2D eigenvalue weighted by Crippen LogP contribution is 2.37. The summed E-state index contributed by atoms with van der Waals surface area (Å²) in [6, 6.07) is 11.7. The molecule has 172 valence electrons. The van der Waals surface area contributed by atoms with Gasteiger partial charge in [-0.1, -0.05) is 48.0 Å². The fraction of sp³-hybridized carbons (Fsp3) is 0.409. The molecule has 0 spiro atoms. The lowest BCUT2D eigenvalue weighted by molar-refractivity contribution is -0.137. The van der Waals surface area contributed by atoms with Crippen LogP contribution in [0.2, 0.25) is 5.02 Å². The summed E-state index contributed by atoms with van der Waals surface area (Å²) >= 11 is 5.91. The van der Waals surface area contributed by atoms with Crippen molar-refractivity contribution in [2.24, 2.45) is 5.92 Å². The number of sulfonamides is 1. The Bertz CT molecular complexity index is 1110. The Morgan fingerprint density at radius 1 is 1.06 bits per heavy atom. The molecule has 2 atom stereocenters. The van der Waals surface area contributed by atoms with Crippen molar-refractivity contribution in [3.8, 4) is 0 Å². The molecule has 1 saturated heterocycles. The summed E-state index contributed by atoms with van der Waals surface area (Å²) in [6.45, 7) is 0.247. The summed E-state index contributed by atoms with van der Waals surface area (Å²) in [5.41, 5.74) is -0.545. The summed E-state index contributed by atoms with van der Waals surface area (Å²) in [7, 11) is -3.50. The summed E-state index contributed by atoms with van der Waals surface area (Å²) < 4.78 is 66.6. The van der Waals surface area contributed by atoms with Gasteiger partial charge in [-0.15, -0.1) is 0 Å². The van der Waals surface area contributed by atoms with Crippen LogP contribution in [0.4, 0.5) is 13.2 Å². The average Bonchev–Trinajstić information content (AvgIpc) is 3.42. The lowest BCUT2D eigenvalue weighted by atomic mass is 9.94. The van der Waals surface area contributed by atoms with Gasteiger partial charge in [0, 0.05) is 19.0 Å². The van der Waals surface area contributed by atoms with Crippen LogP contribution >= 0.6 is 11.6 Å². The van der Waals surface area contributed by atoms with E-state index in [2.05, 4.69) is 5.32 Å². The molecule has 32 heavy (non-hydrogen) atoms. The summed E-state index contributed by atoms with van der Waals surface area (Å²) in [5.74, 6) is -0.853. The van der Waals surface area contributed by atoms with Crippen molar-refractivity contribution < 1.29 is 26.4 Å². The third-order valence-corrected chi connectivity index (χ3v) is 8.30. The minimum atomic E-state index is -4.69. The first kappa shape index (κ1) is 23.1. The van der Waals surface area contributed by atoms with E-state index in [9.17, 15) is 26.4 Å². The number of nitrogens with one attached hydrogen (secondary N) is 1. The molecular formula is C22H22ClF3N2O3S. The molecular weight excluding hydrogens is 465 g/mol. The van der Waals surface area contributed by atoms with Crippen LogP contribution in [-0.2, 0) is 16.2 Å². The number of rotatable bonds is 6. The van der Waals surface area contributed by atoms with Crippen molar-refractivity contribution in [2.45, 2.75) is 31.0 Å². The zero-order valence-corrected chi connectivity index (χ0v) is 18.6. The van der Waals surface area contributed by atoms with Crippen molar-refractivity contribution in [1.82, 2.24) is 9.62 Å². The zero-order chi connectivity index (χ0) is 23.1. The highest BCUT2D eigenvalue weighted by Gasteiger charge is 2.42. The minimum absolute atomic E-state index is 0.0525. The second-order valence-electron chi connectivity index (χ2n) is 8.30. The van der Waals surface area contributed by atoms with Crippen LogP contribution in [0.15, 0.2) is 48.5 Å². The molecule has 0 bridgehead atoms. The number of hydrogen-bond acceptors (Lipinski definition) is 3. The van der Waals surface area contributed by atoms with E-state index in [1.54, 1.807) is 0 Å². The van der Waals surface area contributed by atoms with E-state index in [1.165, 1.54) is 10.4 Å². The largest absolute Gasteiger partial charge is 0.417 e. The number of nitrogens with zero attached hydrogens (tertiary/aromatic N) is 1. The predicted octanol–water partition coefficient (Wildman–Crippen LogP) is 4.30. The minimum Gasteiger partial charge on any atom is -0.347 e. The van der Waals surface area contributed by atoms with E-state index < -0.39 is 38.7 Å². The van der Waals surface area contributed by atoms with Crippen molar-refractivity contribution in [2.75, 3.05) is 18.8 Å². The van der Waals surface area contributed by atoms with E-state index in [0.717, 1.165) is 30.5 Å². The van der Waals surface area contributed by atoms with E-state index in [0.29, 0.717) is 0 Å². The van der Waals surface area contributed by atoms with Gasteiger partial charge in [0.15, 0.2) is 0 Å². The van der Waals surface area contributed by atoms with Crippen molar-refractivity contribution in [3.63, 3.8) is 0 Å². The van der Waals surface area contributed by atoms with Gasteiger partial charge in [0.05, 0.1) is 27.9 Å². The van der Waals surface area contributed by atoms with Crippen molar-refractivity contribution in [3.05, 3.63) is 70.2 Å². The Morgan fingerprint density at radius 2 is 1.75 bits per heavy atom. The maximum absolute atomic E-state index is 13.2. The maximum atomic E-state index is 13.2. The fourth-order valence-electron chi connectivity index (χ4n) is 4.04. The van der Waals surface area contributed by atoms with Crippen LogP contribution in [-0.4, -0.2) is 43.5 Å². The Morgan fingerprint density at radius 3 is 2.38 bits per heavy atom. The molecule has 1 heterocycles. The van der Waals surface area contributed by atoms with Crippen LogP contribution in [0, 0.1) is 5.92 Å². The standard InChI is InChI=1S/C22H22ClF3N2O3S/c23-20-16(7-4-8-18(20)22(24,25)26)21(29)27-19-12-28(32(30,31)13-14-9-10-14)11-17(19)15-5-2-1-3-6-15/h1-8,14,17,19H,9-13H2,(H,27,29)/t17-,19+/m1/s1. The first-order chi connectivity index (χ1) is 15.1. The molecule has 1 aliphatic carbocycles. The van der Waals surface area contributed by atoms with Gasteiger partial charge in [-0.05, 0) is 36.5 Å². The number of carbonyl (C=O) groups is 1. The van der Waals surface area contributed by atoms with Gasteiger partial charge in [-0.3, -0.25) is 4.79 Å². The van der Waals surface area contributed by atoms with Crippen molar-refractivity contribution in [1.29, 1.82) is 0 Å². The summed E-state index contributed by atoms with van der Waals surface area (Å²) in [5, 5.41) is 2.06. The number of hydrogen-bond donors (Lipinski definition) is 1. The quantitative estimate of drug-likeness (QED) is 0.662. The Labute approximate surface area is 189 Å². The van der Waals surface area contributed by atoms with E-state index in [-0.39, 0.29) is 36.2 Å². The van der Waals surface area contributed by atoms with Gasteiger partial charge in [0.1, 0.15) is 0 Å². The highest BCUT2D eigenvalue weighted by molar-refractivity contribution is 7.89. The van der Waals surface area contributed by atoms with Crippen LogP contribution < -0.4 is 5.32 Å². The van der Waals surface area contributed by atoms with Crippen LogP contribution in [0.3, 0.4) is 0 Å². The molecule has 2 fully saturated rings. The van der Waals surface area contributed by atoms with Crippen LogP contribution in [0.1, 0.15) is 40.2 Å². The summed E-state index contributed by atoms with van der Waals surface area (Å²) in [6.07, 6.45) is -2.91. The molecule has 5 nitrogen and oxygen atoms in total. The molecule has 2 aromatic rings. The Kier molecular flexibility index (Phi) is 6.26. The lowest BCUT2D eigenvalue weighted by Gasteiger charge is -2.21. The molecule has 4 rings (SSSR count). The topological polar surface area (TPSA) is 66.5 Å². The Balaban J connectivity index is 1.59. The highest BCUT2D eigenvalue weighted by atomic mass is 35.5.